The van der Waals surface area contributed by atoms with Crippen molar-refractivity contribution < 1.29 is 9.47 Å². The van der Waals surface area contributed by atoms with E-state index in [1.165, 1.54) is 11.1 Å². The predicted octanol–water partition coefficient (Wildman–Crippen LogP) is 2.83. The molecule has 1 aliphatic heterocycles. The maximum absolute atomic E-state index is 6.25. The van der Waals surface area contributed by atoms with E-state index in [4.69, 9.17) is 15.2 Å². The largest absolute Gasteiger partial charge is 0.493 e. The summed E-state index contributed by atoms with van der Waals surface area (Å²) < 4.78 is 10.9. The van der Waals surface area contributed by atoms with Crippen LogP contribution in [0.2, 0.25) is 0 Å². The summed E-state index contributed by atoms with van der Waals surface area (Å²) in [7, 11) is 1.75. The van der Waals surface area contributed by atoms with Gasteiger partial charge in [0.2, 0.25) is 0 Å². The summed E-state index contributed by atoms with van der Waals surface area (Å²) in [5.41, 5.74) is 8.64. The molecule has 0 amide bonds. The molecular formula is C15H23NO2. The van der Waals surface area contributed by atoms with Gasteiger partial charge in [0.15, 0.2) is 0 Å². The van der Waals surface area contributed by atoms with Crippen molar-refractivity contribution >= 4 is 0 Å². The fourth-order valence-corrected chi connectivity index (χ4v) is 2.21. The molecule has 1 heterocycles. The summed E-state index contributed by atoms with van der Waals surface area (Å²) in [5.74, 6) is 1.02. The van der Waals surface area contributed by atoms with E-state index in [-0.39, 0.29) is 11.6 Å². The Bertz CT molecular complexity index is 415. The van der Waals surface area contributed by atoms with E-state index in [0.717, 1.165) is 31.6 Å². The smallest absolute Gasteiger partial charge is 0.122 e. The highest BCUT2D eigenvalue weighted by atomic mass is 16.5. The van der Waals surface area contributed by atoms with Crippen molar-refractivity contribution in [2.75, 3.05) is 13.7 Å². The summed E-state index contributed by atoms with van der Waals surface area (Å²) in [6, 6.07) is 6.38. The minimum absolute atomic E-state index is 0.0744. The van der Waals surface area contributed by atoms with Crippen LogP contribution in [0.3, 0.4) is 0 Å². The van der Waals surface area contributed by atoms with E-state index >= 15 is 0 Å². The first-order valence-electron chi connectivity index (χ1n) is 6.58. The lowest BCUT2D eigenvalue weighted by Crippen LogP contribution is -2.24. The molecule has 1 aromatic rings. The number of hydrogen-bond acceptors (Lipinski definition) is 3. The van der Waals surface area contributed by atoms with Gasteiger partial charge in [0, 0.05) is 19.6 Å². The fraction of sp³-hybridized carbons (Fsp3) is 0.600. The predicted molar refractivity (Wildman–Crippen MR) is 72.9 cm³/mol. The second-order valence-corrected chi connectivity index (χ2v) is 5.57. The average molecular weight is 249 g/mol. The molecule has 1 aliphatic rings. The monoisotopic (exact) mass is 249 g/mol. The van der Waals surface area contributed by atoms with Gasteiger partial charge in [-0.3, -0.25) is 0 Å². The molecule has 2 N–H and O–H groups in total. The minimum atomic E-state index is -0.0997. The highest BCUT2D eigenvalue weighted by Gasteiger charge is 2.19. The maximum Gasteiger partial charge on any atom is 0.122 e. The number of fused-ring (bicyclic) bond motifs is 1. The van der Waals surface area contributed by atoms with Crippen LogP contribution in [0, 0.1) is 0 Å². The first kappa shape index (κ1) is 13.4. The van der Waals surface area contributed by atoms with E-state index < -0.39 is 0 Å². The van der Waals surface area contributed by atoms with Gasteiger partial charge >= 0.3 is 0 Å². The van der Waals surface area contributed by atoms with Gasteiger partial charge in [0.25, 0.3) is 0 Å². The Morgan fingerprint density at radius 3 is 2.94 bits per heavy atom. The second-order valence-electron chi connectivity index (χ2n) is 5.57. The molecule has 0 bridgehead atoms. The normalized spacial score (nSPS) is 16.2. The number of ether oxygens (including phenoxy) is 2. The lowest BCUT2D eigenvalue weighted by atomic mass is 9.94. The van der Waals surface area contributed by atoms with Crippen molar-refractivity contribution in [1.82, 2.24) is 0 Å². The number of hydrogen-bond donors (Lipinski definition) is 1. The van der Waals surface area contributed by atoms with E-state index in [9.17, 15) is 0 Å². The van der Waals surface area contributed by atoms with Crippen LogP contribution in [0.15, 0.2) is 18.2 Å². The molecule has 0 saturated carbocycles. The molecule has 3 heteroatoms. The maximum atomic E-state index is 6.25. The highest BCUT2D eigenvalue weighted by molar-refractivity contribution is 5.40. The van der Waals surface area contributed by atoms with Crippen LogP contribution < -0.4 is 10.5 Å². The number of benzene rings is 1. The lowest BCUT2D eigenvalue weighted by Gasteiger charge is -2.24. The minimum Gasteiger partial charge on any atom is -0.493 e. The third-order valence-electron chi connectivity index (χ3n) is 3.75. The number of nitrogens with two attached hydrogens (primary N) is 1. The van der Waals surface area contributed by atoms with E-state index in [1.807, 2.05) is 6.07 Å². The molecule has 100 valence electrons. The molecule has 0 saturated heterocycles. The van der Waals surface area contributed by atoms with E-state index in [1.54, 1.807) is 7.11 Å². The SMILES string of the molecule is COC(C)(C)CCC(N)c1ccc2c(c1)CCO2. The number of methoxy groups -OCH3 is 1. The van der Waals surface area contributed by atoms with Crippen LogP contribution in [-0.2, 0) is 11.2 Å². The van der Waals surface area contributed by atoms with Crippen molar-refractivity contribution in [1.29, 1.82) is 0 Å². The van der Waals surface area contributed by atoms with Gasteiger partial charge in [-0.25, -0.2) is 0 Å². The van der Waals surface area contributed by atoms with Crippen LogP contribution in [0.1, 0.15) is 43.9 Å². The third-order valence-corrected chi connectivity index (χ3v) is 3.75. The topological polar surface area (TPSA) is 44.5 Å². The van der Waals surface area contributed by atoms with Gasteiger partial charge in [-0.15, -0.1) is 0 Å². The zero-order chi connectivity index (χ0) is 13.2. The third kappa shape index (κ3) is 3.03. The van der Waals surface area contributed by atoms with Gasteiger partial charge in [0.1, 0.15) is 5.75 Å². The van der Waals surface area contributed by atoms with Crippen LogP contribution in [0.25, 0.3) is 0 Å². The van der Waals surface area contributed by atoms with Crippen LogP contribution in [-0.4, -0.2) is 19.3 Å². The zero-order valence-corrected chi connectivity index (χ0v) is 11.5. The first-order valence-corrected chi connectivity index (χ1v) is 6.58. The van der Waals surface area contributed by atoms with Crippen molar-refractivity contribution in [3.63, 3.8) is 0 Å². The zero-order valence-electron chi connectivity index (χ0n) is 11.5. The molecule has 0 radical (unpaired) electrons. The molecular weight excluding hydrogens is 226 g/mol. The van der Waals surface area contributed by atoms with Gasteiger partial charge < -0.3 is 15.2 Å². The van der Waals surface area contributed by atoms with Gasteiger partial charge in [0.05, 0.1) is 12.2 Å². The first-order chi connectivity index (χ1) is 8.52. The Morgan fingerprint density at radius 1 is 1.44 bits per heavy atom. The Labute approximate surface area is 109 Å². The highest BCUT2D eigenvalue weighted by Crippen LogP contribution is 2.29. The second kappa shape index (κ2) is 5.29. The van der Waals surface area contributed by atoms with Gasteiger partial charge in [-0.05, 0) is 43.9 Å². The van der Waals surface area contributed by atoms with Crippen LogP contribution in [0.4, 0.5) is 0 Å². The van der Waals surface area contributed by atoms with Crippen molar-refractivity contribution in [2.24, 2.45) is 5.73 Å². The Hall–Kier alpha value is -1.06. The number of rotatable bonds is 5. The van der Waals surface area contributed by atoms with E-state index in [0.29, 0.717) is 0 Å². The van der Waals surface area contributed by atoms with E-state index in [2.05, 4.69) is 26.0 Å². The average Bonchev–Trinajstić information content (AvgIpc) is 2.83. The lowest BCUT2D eigenvalue weighted by molar-refractivity contribution is 0.0125. The molecule has 3 nitrogen and oxygen atoms in total. The standard InChI is InChI=1S/C15H23NO2/c1-15(2,17-3)8-6-13(16)11-4-5-14-12(10-11)7-9-18-14/h4-5,10,13H,6-9,16H2,1-3H3. The molecule has 0 aromatic heterocycles. The summed E-state index contributed by atoms with van der Waals surface area (Å²) >= 11 is 0. The molecule has 18 heavy (non-hydrogen) atoms. The molecule has 0 spiro atoms. The summed E-state index contributed by atoms with van der Waals surface area (Å²) in [6.45, 7) is 4.98. The van der Waals surface area contributed by atoms with Crippen molar-refractivity contribution in [3.05, 3.63) is 29.3 Å². The molecule has 1 atom stereocenters. The Morgan fingerprint density at radius 2 is 2.22 bits per heavy atom. The summed E-state index contributed by atoms with van der Waals surface area (Å²) in [5, 5.41) is 0. The fourth-order valence-electron chi connectivity index (χ4n) is 2.21. The van der Waals surface area contributed by atoms with Crippen LogP contribution in [0.5, 0.6) is 5.75 Å². The van der Waals surface area contributed by atoms with Gasteiger partial charge in [-0.1, -0.05) is 12.1 Å². The summed E-state index contributed by atoms with van der Waals surface area (Å²) in [6.07, 6.45) is 2.89. The Kier molecular flexibility index (Phi) is 3.93. The molecule has 0 fully saturated rings. The molecule has 0 aliphatic carbocycles. The van der Waals surface area contributed by atoms with Gasteiger partial charge in [-0.2, -0.15) is 0 Å². The Balaban J connectivity index is 1.99. The van der Waals surface area contributed by atoms with Crippen molar-refractivity contribution in [2.45, 2.75) is 44.8 Å². The quantitative estimate of drug-likeness (QED) is 0.872. The molecule has 1 unspecified atom stereocenters. The van der Waals surface area contributed by atoms with Crippen LogP contribution >= 0.6 is 0 Å². The van der Waals surface area contributed by atoms with Crippen molar-refractivity contribution in [3.8, 4) is 5.75 Å². The molecule has 2 rings (SSSR count). The summed E-state index contributed by atoms with van der Waals surface area (Å²) in [4.78, 5) is 0. The molecule has 1 aromatic carbocycles.